The summed E-state index contributed by atoms with van der Waals surface area (Å²) in [6.45, 7) is 0. The monoisotopic (exact) mass is 467 g/mol. The van der Waals surface area contributed by atoms with E-state index in [1.165, 1.54) is 24.3 Å². The number of benzene rings is 3. The fourth-order valence-corrected chi connectivity index (χ4v) is 4.62. The van der Waals surface area contributed by atoms with Crippen LogP contribution in [0.25, 0.3) is 33.2 Å². The van der Waals surface area contributed by atoms with Crippen molar-refractivity contribution in [2.75, 3.05) is 0 Å². The molecule has 0 spiro atoms. The molecule has 3 N–H and O–H groups in total. The third-order valence-corrected chi connectivity index (χ3v) is 6.23. The number of fused-ring (bicyclic) bond motifs is 4. The lowest BCUT2D eigenvalue weighted by molar-refractivity contribution is -0.135. The zero-order valence-electron chi connectivity index (χ0n) is 18.1. The molecule has 3 aromatic carbocycles. The van der Waals surface area contributed by atoms with Crippen molar-refractivity contribution < 1.29 is 24.2 Å². The summed E-state index contributed by atoms with van der Waals surface area (Å²) in [5.41, 5.74) is 0.955. The number of phenols is 2. The molecule has 3 heterocycles. The fourth-order valence-electron chi connectivity index (χ4n) is 4.62. The highest BCUT2D eigenvalue weighted by Crippen LogP contribution is 2.45. The second-order valence-electron chi connectivity index (χ2n) is 8.41. The Morgan fingerprint density at radius 2 is 1.69 bits per heavy atom. The van der Waals surface area contributed by atoms with Gasteiger partial charge in [0.15, 0.2) is 5.43 Å². The van der Waals surface area contributed by atoms with E-state index in [4.69, 9.17) is 9.15 Å². The van der Waals surface area contributed by atoms with Crippen LogP contribution in [0.2, 0.25) is 0 Å². The van der Waals surface area contributed by atoms with Gasteiger partial charge in [0.2, 0.25) is 0 Å². The zero-order valence-corrected chi connectivity index (χ0v) is 18.1. The average molecular weight is 467 g/mol. The molecule has 0 unspecified atom stereocenters. The molecule has 35 heavy (non-hydrogen) atoms. The normalized spacial score (nSPS) is 15.2. The van der Waals surface area contributed by atoms with E-state index in [0.29, 0.717) is 22.2 Å². The number of hydrogen-bond donors (Lipinski definition) is 3. The summed E-state index contributed by atoms with van der Waals surface area (Å²) in [6.07, 6.45) is -0.151. The Balaban J connectivity index is 1.66. The first-order chi connectivity index (χ1) is 16.9. The van der Waals surface area contributed by atoms with Crippen molar-refractivity contribution in [1.82, 2.24) is 4.98 Å². The van der Waals surface area contributed by atoms with Crippen LogP contribution < -0.4 is 15.7 Å². The smallest absolute Gasteiger partial charge is 0.312 e. The molecule has 172 valence electrons. The van der Waals surface area contributed by atoms with Crippen LogP contribution in [0.15, 0.2) is 80.7 Å². The molecule has 5 aromatic rings. The third-order valence-electron chi connectivity index (χ3n) is 6.23. The predicted molar refractivity (Wildman–Crippen MR) is 128 cm³/mol. The van der Waals surface area contributed by atoms with Crippen molar-refractivity contribution in [3.05, 3.63) is 98.4 Å². The molecule has 6 rings (SSSR count). The highest BCUT2D eigenvalue weighted by Gasteiger charge is 2.35. The lowest BCUT2D eigenvalue weighted by Gasteiger charge is -2.25. The Labute approximate surface area is 196 Å². The van der Waals surface area contributed by atoms with Gasteiger partial charge in [-0.25, -0.2) is 0 Å². The standard InChI is InChI=1S/C27H17NO7/c29-15-7-5-13(6-8-15)21-11-19(30)25-20(31)12-22-24(26(25)35-21)16(10-23(32)34-22)17-9-14-3-1-2-4-18(14)28-27(17)33/h1-9,11-12,16,29,31H,10H2,(H,28,33)/t16-/m1/s1. The number of hydrogen-bond acceptors (Lipinski definition) is 7. The summed E-state index contributed by atoms with van der Waals surface area (Å²) in [4.78, 5) is 41.4. The second-order valence-corrected chi connectivity index (χ2v) is 8.41. The molecule has 1 aliphatic rings. The lowest BCUT2D eigenvalue weighted by atomic mass is 9.85. The number of rotatable bonds is 2. The third kappa shape index (κ3) is 3.34. The maximum absolute atomic E-state index is 13.1. The number of ether oxygens (including phenoxy) is 1. The number of H-pyrrole nitrogens is 1. The number of aromatic nitrogens is 1. The van der Waals surface area contributed by atoms with E-state index >= 15 is 0 Å². The SMILES string of the molecule is O=C1C[C@H](c2cc3ccccc3[nH]c2=O)c2c(cc(O)c3c(=O)cc(-c4ccc(O)cc4)oc23)O1. The van der Waals surface area contributed by atoms with Gasteiger partial charge in [0, 0.05) is 40.3 Å². The van der Waals surface area contributed by atoms with Crippen LogP contribution in [0, 0.1) is 0 Å². The van der Waals surface area contributed by atoms with E-state index in [0.717, 1.165) is 5.39 Å². The fraction of sp³-hybridized carbons (Fsp3) is 0.0741. The molecule has 0 amide bonds. The minimum absolute atomic E-state index is 0.0230. The number of para-hydroxylation sites is 1. The van der Waals surface area contributed by atoms with E-state index in [2.05, 4.69) is 4.98 Å². The summed E-state index contributed by atoms with van der Waals surface area (Å²) < 4.78 is 11.5. The molecule has 0 fully saturated rings. The molecule has 0 bridgehead atoms. The van der Waals surface area contributed by atoms with Crippen LogP contribution in [0.4, 0.5) is 0 Å². The first kappa shape index (κ1) is 20.7. The Kier molecular flexibility index (Phi) is 4.50. The average Bonchev–Trinajstić information content (AvgIpc) is 2.83. The maximum atomic E-state index is 13.1. The van der Waals surface area contributed by atoms with Crippen molar-refractivity contribution >= 4 is 27.8 Å². The Bertz CT molecular complexity index is 1780. The van der Waals surface area contributed by atoms with Crippen LogP contribution in [-0.4, -0.2) is 21.2 Å². The molecule has 0 saturated heterocycles. The van der Waals surface area contributed by atoms with Gasteiger partial charge in [-0.05, 0) is 41.8 Å². The van der Waals surface area contributed by atoms with Crippen molar-refractivity contribution in [2.24, 2.45) is 0 Å². The van der Waals surface area contributed by atoms with Crippen LogP contribution in [0.3, 0.4) is 0 Å². The summed E-state index contributed by atoms with van der Waals surface area (Å²) >= 11 is 0. The summed E-state index contributed by atoms with van der Waals surface area (Å²) in [5, 5.41) is 20.9. The zero-order chi connectivity index (χ0) is 24.3. The number of phenolic OH excluding ortho intramolecular Hbond substituents is 2. The summed E-state index contributed by atoms with van der Waals surface area (Å²) in [5.74, 6) is -1.49. The van der Waals surface area contributed by atoms with Gasteiger partial charge in [-0.3, -0.25) is 14.4 Å². The molecule has 8 nitrogen and oxygen atoms in total. The van der Waals surface area contributed by atoms with Crippen molar-refractivity contribution in [3.8, 4) is 28.6 Å². The van der Waals surface area contributed by atoms with Gasteiger partial charge in [0.05, 0.1) is 6.42 Å². The topological polar surface area (TPSA) is 130 Å². The first-order valence-electron chi connectivity index (χ1n) is 10.8. The van der Waals surface area contributed by atoms with Crippen LogP contribution >= 0.6 is 0 Å². The number of aromatic amines is 1. The Morgan fingerprint density at radius 1 is 0.914 bits per heavy atom. The number of pyridine rings is 1. The molecule has 0 saturated carbocycles. The van der Waals surface area contributed by atoms with Crippen LogP contribution in [0.1, 0.15) is 23.5 Å². The van der Waals surface area contributed by atoms with Crippen molar-refractivity contribution in [1.29, 1.82) is 0 Å². The van der Waals surface area contributed by atoms with Crippen LogP contribution in [0.5, 0.6) is 17.2 Å². The Morgan fingerprint density at radius 3 is 2.49 bits per heavy atom. The van der Waals surface area contributed by atoms with E-state index in [-0.39, 0.29) is 40.2 Å². The number of nitrogens with one attached hydrogen (secondary N) is 1. The molecule has 0 radical (unpaired) electrons. The van der Waals surface area contributed by atoms with E-state index in [9.17, 15) is 24.6 Å². The minimum Gasteiger partial charge on any atom is -0.508 e. The lowest BCUT2D eigenvalue weighted by Crippen LogP contribution is -2.26. The summed E-state index contributed by atoms with van der Waals surface area (Å²) in [7, 11) is 0. The number of esters is 1. The quantitative estimate of drug-likeness (QED) is 0.263. The van der Waals surface area contributed by atoms with E-state index in [1.54, 1.807) is 30.3 Å². The molecule has 1 atom stereocenters. The Hall–Kier alpha value is -4.85. The number of aromatic hydroxyl groups is 2. The predicted octanol–water partition coefficient (Wildman–Crippen LogP) is 4.15. The number of carbonyl (C=O) groups is 1. The van der Waals surface area contributed by atoms with Crippen molar-refractivity contribution in [3.63, 3.8) is 0 Å². The van der Waals surface area contributed by atoms with Gasteiger partial charge >= 0.3 is 5.97 Å². The summed E-state index contributed by atoms with van der Waals surface area (Å²) in [6, 6.07) is 17.5. The molecule has 0 aliphatic carbocycles. The van der Waals surface area contributed by atoms with E-state index in [1.807, 2.05) is 12.1 Å². The van der Waals surface area contributed by atoms with E-state index < -0.39 is 23.1 Å². The highest BCUT2D eigenvalue weighted by atomic mass is 16.5. The van der Waals surface area contributed by atoms with Crippen molar-refractivity contribution in [2.45, 2.75) is 12.3 Å². The van der Waals surface area contributed by atoms with Gasteiger partial charge in [-0.1, -0.05) is 18.2 Å². The minimum atomic E-state index is -0.777. The molecule has 1 aliphatic heterocycles. The van der Waals surface area contributed by atoms with Gasteiger partial charge in [-0.15, -0.1) is 0 Å². The van der Waals surface area contributed by atoms with Gasteiger partial charge < -0.3 is 24.4 Å². The number of carbonyl (C=O) groups excluding carboxylic acids is 1. The van der Waals surface area contributed by atoms with Gasteiger partial charge in [0.25, 0.3) is 5.56 Å². The van der Waals surface area contributed by atoms with Crippen LogP contribution in [-0.2, 0) is 4.79 Å². The largest absolute Gasteiger partial charge is 0.508 e. The highest BCUT2D eigenvalue weighted by molar-refractivity contribution is 5.93. The maximum Gasteiger partial charge on any atom is 0.312 e. The molecular formula is C27H17NO7. The molecular weight excluding hydrogens is 450 g/mol. The second kappa shape index (κ2) is 7.59. The molecule has 8 heteroatoms. The first-order valence-corrected chi connectivity index (χ1v) is 10.8. The van der Waals surface area contributed by atoms with Gasteiger partial charge in [-0.2, -0.15) is 0 Å². The molecule has 2 aromatic heterocycles. The van der Waals surface area contributed by atoms with Gasteiger partial charge in [0.1, 0.15) is 34.0 Å².